The summed E-state index contributed by atoms with van der Waals surface area (Å²) in [5, 5.41) is 13.2. The van der Waals surface area contributed by atoms with Gasteiger partial charge in [0.05, 0.1) is 0 Å². The SMILES string of the molecule is CCC(C)CNc1nc(O)c(C=C2C=Nc3ncccc32)[nH]1. The Morgan fingerprint density at radius 1 is 1.45 bits per heavy atom. The van der Waals surface area contributed by atoms with E-state index < -0.39 is 0 Å². The van der Waals surface area contributed by atoms with Gasteiger partial charge in [-0.2, -0.15) is 4.98 Å². The van der Waals surface area contributed by atoms with E-state index in [1.807, 2.05) is 18.2 Å². The number of aromatic hydroxyl groups is 1. The Labute approximate surface area is 129 Å². The van der Waals surface area contributed by atoms with E-state index in [1.54, 1.807) is 12.4 Å². The highest BCUT2D eigenvalue weighted by Crippen LogP contribution is 2.31. The number of aromatic amines is 1. The fraction of sp³-hybridized carbons (Fsp3) is 0.312. The van der Waals surface area contributed by atoms with Crippen molar-refractivity contribution >= 4 is 29.6 Å². The van der Waals surface area contributed by atoms with Crippen LogP contribution in [-0.4, -0.2) is 32.8 Å². The summed E-state index contributed by atoms with van der Waals surface area (Å²) in [6.45, 7) is 5.12. The average molecular weight is 297 g/mol. The number of hydrogen-bond donors (Lipinski definition) is 3. The molecule has 0 radical (unpaired) electrons. The number of anilines is 1. The third kappa shape index (κ3) is 2.86. The lowest BCUT2D eigenvalue weighted by Gasteiger charge is -2.08. The van der Waals surface area contributed by atoms with Crippen molar-refractivity contribution in [2.75, 3.05) is 11.9 Å². The van der Waals surface area contributed by atoms with Crippen LogP contribution < -0.4 is 5.32 Å². The summed E-state index contributed by atoms with van der Waals surface area (Å²) in [6.07, 6.45) is 6.37. The van der Waals surface area contributed by atoms with E-state index >= 15 is 0 Å². The molecular weight excluding hydrogens is 278 g/mol. The fourth-order valence-electron chi connectivity index (χ4n) is 2.17. The van der Waals surface area contributed by atoms with E-state index in [0.29, 0.717) is 23.4 Å². The van der Waals surface area contributed by atoms with Gasteiger partial charge < -0.3 is 15.4 Å². The number of fused-ring (bicyclic) bond motifs is 1. The third-order valence-electron chi connectivity index (χ3n) is 3.75. The Morgan fingerprint density at radius 2 is 2.32 bits per heavy atom. The number of aliphatic imine (C=N–C) groups is 1. The standard InChI is InChI=1S/C16H19N5O/c1-3-10(2)8-19-16-20-13(15(22)21-16)7-11-9-18-14-12(11)5-4-6-17-14/h4-7,9-10,22H,3,8H2,1-2H3,(H2,19,20,21). The summed E-state index contributed by atoms with van der Waals surface area (Å²) >= 11 is 0. The van der Waals surface area contributed by atoms with Gasteiger partial charge in [-0.05, 0) is 24.1 Å². The number of pyridine rings is 1. The summed E-state index contributed by atoms with van der Waals surface area (Å²) in [4.78, 5) is 15.6. The number of allylic oxidation sites excluding steroid dienone is 1. The summed E-state index contributed by atoms with van der Waals surface area (Å²) in [5.41, 5.74) is 2.41. The first kappa shape index (κ1) is 14.3. The van der Waals surface area contributed by atoms with Crippen LogP contribution in [0.1, 0.15) is 31.5 Å². The second-order valence-electron chi connectivity index (χ2n) is 5.45. The molecule has 3 heterocycles. The van der Waals surface area contributed by atoms with Crippen molar-refractivity contribution in [3.63, 3.8) is 0 Å². The highest BCUT2D eigenvalue weighted by Gasteiger charge is 2.15. The Hall–Kier alpha value is -2.63. The van der Waals surface area contributed by atoms with Crippen LogP contribution in [0.2, 0.25) is 0 Å². The molecule has 6 nitrogen and oxygen atoms in total. The van der Waals surface area contributed by atoms with Crippen LogP contribution >= 0.6 is 0 Å². The highest BCUT2D eigenvalue weighted by atomic mass is 16.3. The molecule has 1 atom stereocenters. The van der Waals surface area contributed by atoms with Gasteiger partial charge in [-0.1, -0.05) is 20.3 Å². The Kier molecular flexibility index (Phi) is 3.91. The van der Waals surface area contributed by atoms with Crippen LogP contribution in [-0.2, 0) is 0 Å². The maximum absolute atomic E-state index is 9.98. The first-order valence-corrected chi connectivity index (χ1v) is 7.41. The van der Waals surface area contributed by atoms with Crippen LogP contribution in [0, 0.1) is 5.92 Å². The molecule has 22 heavy (non-hydrogen) atoms. The monoisotopic (exact) mass is 297 g/mol. The maximum Gasteiger partial charge on any atom is 0.238 e. The lowest BCUT2D eigenvalue weighted by atomic mass is 10.1. The maximum atomic E-state index is 9.98. The zero-order valence-corrected chi connectivity index (χ0v) is 12.7. The van der Waals surface area contributed by atoms with Crippen molar-refractivity contribution in [3.05, 3.63) is 29.6 Å². The van der Waals surface area contributed by atoms with E-state index in [1.165, 1.54) is 0 Å². The van der Waals surface area contributed by atoms with Gasteiger partial charge in [-0.25, -0.2) is 9.98 Å². The minimum Gasteiger partial charge on any atom is -0.492 e. The number of rotatable bonds is 5. The number of nitrogens with one attached hydrogen (secondary N) is 2. The smallest absolute Gasteiger partial charge is 0.238 e. The summed E-state index contributed by atoms with van der Waals surface area (Å²) in [5.74, 6) is 1.80. The van der Waals surface area contributed by atoms with Crippen molar-refractivity contribution in [2.24, 2.45) is 10.9 Å². The molecule has 0 aromatic carbocycles. The topological polar surface area (TPSA) is 86.2 Å². The van der Waals surface area contributed by atoms with Crippen molar-refractivity contribution in [3.8, 4) is 5.88 Å². The summed E-state index contributed by atoms with van der Waals surface area (Å²) < 4.78 is 0. The van der Waals surface area contributed by atoms with E-state index in [2.05, 4.69) is 39.1 Å². The minimum absolute atomic E-state index is 0.0232. The molecule has 0 bridgehead atoms. The van der Waals surface area contributed by atoms with Gasteiger partial charge in [0.2, 0.25) is 11.8 Å². The first-order valence-electron chi connectivity index (χ1n) is 7.41. The Morgan fingerprint density at radius 3 is 3.14 bits per heavy atom. The normalized spacial score (nSPS) is 16.0. The first-order chi connectivity index (χ1) is 10.7. The molecule has 2 aromatic rings. The van der Waals surface area contributed by atoms with E-state index in [-0.39, 0.29) is 5.88 Å². The second kappa shape index (κ2) is 6.01. The lowest BCUT2D eigenvalue weighted by Crippen LogP contribution is -2.11. The van der Waals surface area contributed by atoms with Gasteiger partial charge >= 0.3 is 0 Å². The summed E-state index contributed by atoms with van der Waals surface area (Å²) in [6, 6.07) is 3.82. The van der Waals surface area contributed by atoms with Crippen molar-refractivity contribution in [2.45, 2.75) is 20.3 Å². The van der Waals surface area contributed by atoms with Gasteiger partial charge in [-0.15, -0.1) is 0 Å². The van der Waals surface area contributed by atoms with Crippen molar-refractivity contribution < 1.29 is 5.11 Å². The zero-order valence-electron chi connectivity index (χ0n) is 12.7. The van der Waals surface area contributed by atoms with Gasteiger partial charge in [-0.3, -0.25) is 0 Å². The number of nitrogens with zero attached hydrogens (tertiary/aromatic N) is 3. The Balaban J connectivity index is 1.81. The van der Waals surface area contributed by atoms with Crippen molar-refractivity contribution in [1.82, 2.24) is 15.0 Å². The molecule has 1 unspecified atom stereocenters. The van der Waals surface area contributed by atoms with Crippen LogP contribution in [0.4, 0.5) is 11.8 Å². The molecule has 0 amide bonds. The van der Waals surface area contributed by atoms with Crippen LogP contribution in [0.15, 0.2) is 23.3 Å². The molecule has 2 aromatic heterocycles. The largest absolute Gasteiger partial charge is 0.492 e. The molecule has 1 aliphatic rings. The molecular formula is C16H19N5O. The van der Waals surface area contributed by atoms with Gasteiger partial charge in [0.15, 0.2) is 5.82 Å². The van der Waals surface area contributed by atoms with Gasteiger partial charge in [0, 0.05) is 30.1 Å². The molecule has 3 N–H and O–H groups in total. The van der Waals surface area contributed by atoms with E-state index in [9.17, 15) is 5.11 Å². The molecule has 0 saturated carbocycles. The zero-order chi connectivity index (χ0) is 15.5. The minimum atomic E-state index is -0.0232. The third-order valence-corrected chi connectivity index (χ3v) is 3.75. The molecule has 6 heteroatoms. The predicted molar refractivity (Wildman–Crippen MR) is 88.5 cm³/mol. The predicted octanol–water partition coefficient (Wildman–Crippen LogP) is 3.22. The molecule has 3 rings (SSSR count). The number of imidazole rings is 1. The highest BCUT2D eigenvalue weighted by molar-refractivity contribution is 6.20. The number of hydrogen-bond acceptors (Lipinski definition) is 5. The van der Waals surface area contributed by atoms with Crippen LogP contribution in [0.5, 0.6) is 5.88 Å². The van der Waals surface area contributed by atoms with E-state index in [0.717, 1.165) is 24.1 Å². The molecule has 0 aliphatic carbocycles. The Bertz CT molecular complexity index is 732. The van der Waals surface area contributed by atoms with Gasteiger partial charge in [0.1, 0.15) is 5.69 Å². The molecule has 114 valence electrons. The van der Waals surface area contributed by atoms with E-state index in [4.69, 9.17) is 0 Å². The molecule has 1 aliphatic heterocycles. The summed E-state index contributed by atoms with van der Waals surface area (Å²) in [7, 11) is 0. The van der Waals surface area contributed by atoms with Crippen LogP contribution in [0.25, 0.3) is 11.6 Å². The molecule has 0 saturated heterocycles. The molecule has 0 spiro atoms. The second-order valence-corrected chi connectivity index (χ2v) is 5.45. The average Bonchev–Trinajstić information content (AvgIpc) is 3.10. The number of H-pyrrole nitrogens is 1. The van der Waals surface area contributed by atoms with Gasteiger partial charge in [0.25, 0.3) is 0 Å². The molecule has 0 fully saturated rings. The number of aromatic nitrogens is 3. The van der Waals surface area contributed by atoms with Crippen molar-refractivity contribution in [1.29, 1.82) is 0 Å². The lowest BCUT2D eigenvalue weighted by molar-refractivity contribution is 0.455. The quantitative estimate of drug-likeness (QED) is 0.791. The van der Waals surface area contributed by atoms with Crippen LogP contribution in [0.3, 0.4) is 0 Å². The fourth-order valence-corrected chi connectivity index (χ4v) is 2.17.